The van der Waals surface area contributed by atoms with Gasteiger partial charge in [0.1, 0.15) is 0 Å². The van der Waals surface area contributed by atoms with Crippen molar-refractivity contribution in [2.24, 2.45) is 5.10 Å². The van der Waals surface area contributed by atoms with Crippen molar-refractivity contribution in [3.05, 3.63) is 71.0 Å². The van der Waals surface area contributed by atoms with Gasteiger partial charge < -0.3 is 5.11 Å². The molecule has 0 aliphatic heterocycles. The first-order valence-corrected chi connectivity index (χ1v) is 6.89. The highest BCUT2D eigenvalue weighted by atomic mass is 35.5. The molecule has 0 radical (unpaired) electrons. The van der Waals surface area contributed by atoms with Crippen molar-refractivity contribution in [1.82, 2.24) is 10.4 Å². The van der Waals surface area contributed by atoms with Crippen LogP contribution in [0.2, 0.25) is 5.02 Å². The number of hydrazone groups is 1. The highest BCUT2D eigenvalue weighted by molar-refractivity contribution is 6.41. The van der Waals surface area contributed by atoms with Gasteiger partial charge in [0.05, 0.1) is 0 Å². The van der Waals surface area contributed by atoms with E-state index >= 15 is 0 Å². The highest BCUT2D eigenvalue weighted by Gasteiger charge is 2.08. The summed E-state index contributed by atoms with van der Waals surface area (Å²) < 4.78 is 0. The minimum Gasteiger partial charge on any atom is -0.476 e. The molecule has 116 valence electrons. The van der Waals surface area contributed by atoms with E-state index in [1.165, 1.54) is 36.7 Å². The van der Waals surface area contributed by atoms with Gasteiger partial charge in [-0.15, -0.1) is 0 Å². The maximum Gasteiger partial charge on any atom is 0.356 e. The summed E-state index contributed by atoms with van der Waals surface area (Å²) in [7, 11) is 0. The van der Waals surface area contributed by atoms with E-state index < -0.39 is 11.9 Å². The summed E-state index contributed by atoms with van der Waals surface area (Å²) in [6.45, 7) is 0. The number of hydrogen-bond acceptors (Lipinski definition) is 4. The summed E-state index contributed by atoms with van der Waals surface area (Å²) in [5.41, 5.74) is 2.83. The van der Waals surface area contributed by atoms with Gasteiger partial charge in [-0.05, 0) is 29.8 Å². The van der Waals surface area contributed by atoms with E-state index in [0.29, 0.717) is 16.1 Å². The number of rotatable bonds is 5. The second-order valence-corrected chi connectivity index (χ2v) is 4.74. The number of carbonyl (C=O) groups excluding carboxylic acids is 1. The van der Waals surface area contributed by atoms with E-state index in [-0.39, 0.29) is 5.71 Å². The van der Waals surface area contributed by atoms with Gasteiger partial charge in [-0.25, -0.2) is 10.2 Å². The molecule has 2 aromatic rings. The van der Waals surface area contributed by atoms with Gasteiger partial charge >= 0.3 is 5.97 Å². The number of carbonyl (C=O) groups is 2. The zero-order chi connectivity index (χ0) is 16.7. The molecule has 7 heteroatoms. The van der Waals surface area contributed by atoms with Crippen molar-refractivity contribution in [2.75, 3.05) is 0 Å². The zero-order valence-electron chi connectivity index (χ0n) is 11.8. The van der Waals surface area contributed by atoms with Gasteiger partial charge in [0.15, 0.2) is 5.71 Å². The zero-order valence-corrected chi connectivity index (χ0v) is 12.6. The molecule has 0 atom stereocenters. The Bertz CT molecular complexity index is 773. The molecule has 0 aliphatic rings. The Morgan fingerprint density at radius 1 is 1.17 bits per heavy atom. The maximum absolute atomic E-state index is 11.8. The molecule has 0 spiro atoms. The van der Waals surface area contributed by atoms with E-state index in [0.717, 1.165) is 0 Å². The number of nitrogens with one attached hydrogen (secondary N) is 1. The van der Waals surface area contributed by atoms with Gasteiger partial charge in [-0.3, -0.25) is 9.78 Å². The second-order valence-electron chi connectivity index (χ2n) is 4.33. The first-order chi connectivity index (χ1) is 11.1. The van der Waals surface area contributed by atoms with Crippen LogP contribution in [-0.2, 0) is 4.79 Å². The molecular weight excluding hydrogens is 318 g/mol. The summed E-state index contributed by atoms with van der Waals surface area (Å²) in [4.78, 5) is 26.8. The lowest BCUT2D eigenvalue weighted by Gasteiger charge is -2.00. The third-order valence-electron chi connectivity index (χ3n) is 2.77. The molecular formula is C16H12ClN3O3. The van der Waals surface area contributed by atoms with Crippen LogP contribution in [0.4, 0.5) is 0 Å². The standard InChI is InChI=1S/C16H12ClN3O3/c17-13-4-2-1-3-11(13)5-6-14(16(22)23)19-20-15(21)12-7-9-18-10-8-12/h1-10H,(H,20,21)(H,22,23)/b6-5+,19-14+. The molecule has 1 amide bonds. The molecule has 2 rings (SSSR count). The monoisotopic (exact) mass is 329 g/mol. The molecule has 1 aromatic heterocycles. The molecule has 0 saturated heterocycles. The Labute approximate surface area is 137 Å². The minimum atomic E-state index is -1.27. The second kappa shape index (κ2) is 7.86. The van der Waals surface area contributed by atoms with E-state index in [1.54, 1.807) is 24.3 Å². The van der Waals surface area contributed by atoms with E-state index in [2.05, 4.69) is 15.5 Å². The Balaban J connectivity index is 2.14. The van der Waals surface area contributed by atoms with Gasteiger partial charge in [0.25, 0.3) is 5.91 Å². The largest absolute Gasteiger partial charge is 0.476 e. The number of benzene rings is 1. The normalized spacial score (nSPS) is 11.4. The lowest BCUT2D eigenvalue weighted by molar-refractivity contribution is -0.129. The Hall–Kier alpha value is -2.99. The van der Waals surface area contributed by atoms with Gasteiger partial charge in [-0.1, -0.05) is 35.9 Å². The molecule has 0 aliphatic carbocycles. The molecule has 2 N–H and O–H groups in total. The summed E-state index contributed by atoms with van der Waals surface area (Å²) in [5.74, 6) is -1.80. The number of hydrogen-bond donors (Lipinski definition) is 2. The summed E-state index contributed by atoms with van der Waals surface area (Å²) in [5, 5.41) is 13.2. The molecule has 0 unspecified atom stereocenters. The van der Waals surface area contributed by atoms with E-state index in [1.807, 2.05) is 0 Å². The van der Waals surface area contributed by atoms with Crippen LogP contribution in [0.3, 0.4) is 0 Å². The number of pyridine rings is 1. The van der Waals surface area contributed by atoms with E-state index in [4.69, 9.17) is 16.7 Å². The van der Waals surface area contributed by atoms with Crippen LogP contribution in [0, 0.1) is 0 Å². The van der Waals surface area contributed by atoms with Gasteiger partial charge in [0, 0.05) is 23.0 Å². The number of aliphatic carboxylic acids is 1. The molecule has 0 fully saturated rings. The fourth-order valence-corrected chi connectivity index (χ4v) is 1.81. The van der Waals surface area contributed by atoms with E-state index in [9.17, 15) is 9.59 Å². The molecule has 1 heterocycles. The average molecular weight is 330 g/mol. The highest BCUT2D eigenvalue weighted by Crippen LogP contribution is 2.16. The Morgan fingerprint density at radius 2 is 1.87 bits per heavy atom. The number of nitrogens with zero attached hydrogens (tertiary/aromatic N) is 2. The number of amides is 1. The van der Waals surface area contributed by atoms with Crippen molar-refractivity contribution in [3.63, 3.8) is 0 Å². The predicted octanol–water partition coefficient (Wildman–Crippen LogP) is 2.62. The van der Waals surface area contributed by atoms with Crippen LogP contribution in [0.5, 0.6) is 0 Å². The lowest BCUT2D eigenvalue weighted by atomic mass is 10.2. The molecule has 0 saturated carbocycles. The number of carboxylic acid groups (broad SMARTS) is 1. The van der Waals surface area contributed by atoms with Crippen LogP contribution >= 0.6 is 11.6 Å². The molecule has 0 bridgehead atoms. The first-order valence-electron chi connectivity index (χ1n) is 6.52. The lowest BCUT2D eigenvalue weighted by Crippen LogP contribution is -2.22. The van der Waals surface area contributed by atoms with Crippen molar-refractivity contribution in [2.45, 2.75) is 0 Å². The smallest absolute Gasteiger partial charge is 0.356 e. The fourth-order valence-electron chi connectivity index (χ4n) is 1.61. The van der Waals surface area contributed by atoms with Crippen LogP contribution in [0.25, 0.3) is 6.08 Å². The van der Waals surface area contributed by atoms with Crippen LogP contribution < -0.4 is 5.43 Å². The first kappa shape index (κ1) is 16.4. The fraction of sp³-hybridized carbons (Fsp3) is 0. The average Bonchev–Trinajstić information content (AvgIpc) is 2.56. The molecule has 1 aromatic carbocycles. The quantitative estimate of drug-likeness (QED) is 0.651. The molecule has 23 heavy (non-hydrogen) atoms. The number of carboxylic acids is 1. The number of aromatic nitrogens is 1. The topological polar surface area (TPSA) is 91.6 Å². The van der Waals surface area contributed by atoms with Crippen molar-refractivity contribution in [1.29, 1.82) is 0 Å². The summed E-state index contributed by atoms with van der Waals surface area (Å²) >= 11 is 5.98. The van der Waals surface area contributed by atoms with Crippen molar-refractivity contribution < 1.29 is 14.7 Å². The van der Waals surface area contributed by atoms with Crippen LogP contribution in [-0.4, -0.2) is 27.7 Å². The van der Waals surface area contributed by atoms with Gasteiger partial charge in [0.2, 0.25) is 0 Å². The summed E-state index contributed by atoms with van der Waals surface area (Å²) in [6.07, 6.45) is 5.67. The SMILES string of the molecule is O=C(O)C(/C=C/c1ccccc1Cl)=N/NC(=O)c1ccncc1. The predicted molar refractivity (Wildman–Crippen MR) is 87.3 cm³/mol. The van der Waals surface area contributed by atoms with Gasteiger partial charge in [-0.2, -0.15) is 5.10 Å². The Kier molecular flexibility index (Phi) is 5.60. The maximum atomic E-state index is 11.8. The molecule has 6 nitrogen and oxygen atoms in total. The van der Waals surface area contributed by atoms with Crippen molar-refractivity contribution >= 4 is 35.3 Å². The third kappa shape index (κ3) is 4.76. The number of halogens is 1. The Morgan fingerprint density at radius 3 is 2.52 bits per heavy atom. The summed E-state index contributed by atoms with van der Waals surface area (Å²) in [6, 6.07) is 9.93. The van der Waals surface area contributed by atoms with Crippen molar-refractivity contribution in [3.8, 4) is 0 Å². The third-order valence-corrected chi connectivity index (χ3v) is 3.11. The minimum absolute atomic E-state index is 0.323. The van der Waals surface area contributed by atoms with Crippen LogP contribution in [0.1, 0.15) is 15.9 Å². The van der Waals surface area contributed by atoms with Crippen LogP contribution in [0.15, 0.2) is 60.0 Å².